The predicted molar refractivity (Wildman–Crippen MR) is 99.4 cm³/mol. The number of hydrogen-bond acceptors (Lipinski definition) is 5. The molecule has 2 heterocycles. The number of sulfonamides is 1. The second-order valence-corrected chi connectivity index (χ2v) is 8.10. The number of carbonyl (C=O) groups is 1. The molecule has 26 heavy (non-hydrogen) atoms. The lowest BCUT2D eigenvalue weighted by Gasteiger charge is -2.17. The Bertz CT molecular complexity index is 871. The summed E-state index contributed by atoms with van der Waals surface area (Å²) in [5.74, 6) is 0.540. The predicted octanol–water partition coefficient (Wildman–Crippen LogP) is 1.06. The van der Waals surface area contributed by atoms with Gasteiger partial charge in [0.25, 0.3) is 0 Å². The lowest BCUT2D eigenvalue weighted by molar-refractivity contribution is -0.120. The van der Waals surface area contributed by atoms with Gasteiger partial charge < -0.3 is 10.2 Å². The molecule has 138 valence electrons. The number of pyridine rings is 1. The van der Waals surface area contributed by atoms with Crippen molar-refractivity contribution >= 4 is 21.7 Å². The van der Waals surface area contributed by atoms with Gasteiger partial charge in [-0.1, -0.05) is 18.2 Å². The second kappa shape index (κ2) is 7.84. The van der Waals surface area contributed by atoms with Gasteiger partial charge in [-0.2, -0.15) is 0 Å². The van der Waals surface area contributed by atoms with Gasteiger partial charge in [0.2, 0.25) is 15.9 Å². The highest BCUT2D eigenvalue weighted by Crippen LogP contribution is 2.17. The molecule has 0 saturated carbocycles. The van der Waals surface area contributed by atoms with Crippen LogP contribution in [0.15, 0.2) is 53.6 Å². The molecule has 3 rings (SSSR count). The van der Waals surface area contributed by atoms with Crippen LogP contribution in [0.4, 0.5) is 5.82 Å². The van der Waals surface area contributed by atoms with Crippen LogP contribution in [0.1, 0.15) is 12.0 Å². The van der Waals surface area contributed by atoms with Crippen molar-refractivity contribution in [3.63, 3.8) is 0 Å². The second-order valence-electron chi connectivity index (χ2n) is 6.33. The van der Waals surface area contributed by atoms with Crippen molar-refractivity contribution in [2.24, 2.45) is 0 Å². The topological polar surface area (TPSA) is 91.4 Å². The molecule has 1 atom stereocenters. The minimum atomic E-state index is -3.70. The minimum absolute atomic E-state index is 0.0204. The van der Waals surface area contributed by atoms with Crippen LogP contribution >= 0.6 is 0 Å². The maximum absolute atomic E-state index is 12.3. The first-order valence-corrected chi connectivity index (χ1v) is 9.94. The summed E-state index contributed by atoms with van der Waals surface area (Å²) in [5, 5.41) is 2.88. The zero-order valence-corrected chi connectivity index (χ0v) is 15.4. The number of rotatable bonds is 6. The summed E-state index contributed by atoms with van der Waals surface area (Å²) in [7, 11) is -3.70. The van der Waals surface area contributed by atoms with Crippen LogP contribution in [0.3, 0.4) is 0 Å². The summed E-state index contributed by atoms with van der Waals surface area (Å²) < 4.78 is 26.9. The van der Waals surface area contributed by atoms with Crippen molar-refractivity contribution < 1.29 is 13.2 Å². The Balaban J connectivity index is 1.50. The maximum Gasteiger partial charge on any atom is 0.241 e. The van der Waals surface area contributed by atoms with Crippen LogP contribution in [0, 0.1) is 6.92 Å². The van der Waals surface area contributed by atoms with Crippen molar-refractivity contribution in [3.05, 3.63) is 54.2 Å². The molecule has 1 aromatic carbocycles. The Morgan fingerprint density at radius 1 is 1.27 bits per heavy atom. The van der Waals surface area contributed by atoms with Crippen LogP contribution in [-0.4, -0.2) is 45.0 Å². The van der Waals surface area contributed by atoms with Crippen molar-refractivity contribution in [1.82, 2.24) is 15.0 Å². The largest absolute Gasteiger partial charge is 0.354 e. The lowest BCUT2D eigenvalue weighted by Crippen LogP contribution is -2.43. The Kier molecular flexibility index (Phi) is 5.53. The Morgan fingerprint density at radius 3 is 2.85 bits per heavy atom. The first-order valence-electron chi connectivity index (χ1n) is 8.46. The van der Waals surface area contributed by atoms with Crippen molar-refractivity contribution in [2.75, 3.05) is 24.5 Å². The van der Waals surface area contributed by atoms with Gasteiger partial charge in [0.1, 0.15) is 5.82 Å². The van der Waals surface area contributed by atoms with E-state index in [4.69, 9.17) is 0 Å². The number of aromatic nitrogens is 1. The summed E-state index contributed by atoms with van der Waals surface area (Å²) in [6.45, 7) is 3.00. The van der Waals surface area contributed by atoms with E-state index in [-0.39, 0.29) is 23.4 Å². The van der Waals surface area contributed by atoms with Crippen LogP contribution < -0.4 is 14.9 Å². The van der Waals surface area contributed by atoms with E-state index in [9.17, 15) is 13.2 Å². The number of aryl methyl sites for hydroxylation is 1. The van der Waals surface area contributed by atoms with Gasteiger partial charge in [-0.25, -0.2) is 18.1 Å². The minimum Gasteiger partial charge on any atom is -0.354 e. The van der Waals surface area contributed by atoms with Crippen molar-refractivity contribution in [3.8, 4) is 0 Å². The molecule has 1 unspecified atom stereocenters. The van der Waals surface area contributed by atoms with Gasteiger partial charge in [-0.3, -0.25) is 4.79 Å². The molecule has 1 aromatic heterocycles. The molecule has 1 aliphatic heterocycles. The molecule has 0 aliphatic carbocycles. The number of hydrogen-bond donors (Lipinski definition) is 2. The highest BCUT2D eigenvalue weighted by molar-refractivity contribution is 7.89. The van der Waals surface area contributed by atoms with E-state index in [1.165, 1.54) is 6.07 Å². The third-order valence-electron chi connectivity index (χ3n) is 4.25. The molecule has 7 nitrogen and oxygen atoms in total. The van der Waals surface area contributed by atoms with Crippen LogP contribution in [0.5, 0.6) is 0 Å². The van der Waals surface area contributed by atoms with E-state index < -0.39 is 10.0 Å². The monoisotopic (exact) mass is 374 g/mol. The summed E-state index contributed by atoms with van der Waals surface area (Å²) in [4.78, 5) is 18.7. The molecule has 8 heteroatoms. The first-order chi connectivity index (χ1) is 12.4. The fourth-order valence-electron chi connectivity index (χ4n) is 2.93. The number of benzene rings is 1. The Morgan fingerprint density at radius 2 is 2.12 bits per heavy atom. The third-order valence-corrected chi connectivity index (χ3v) is 5.65. The smallest absolute Gasteiger partial charge is 0.241 e. The van der Waals surface area contributed by atoms with Gasteiger partial charge in [-0.15, -0.1) is 0 Å². The van der Waals surface area contributed by atoms with E-state index in [0.717, 1.165) is 24.3 Å². The third kappa shape index (κ3) is 4.59. The molecular weight excluding hydrogens is 352 g/mol. The average Bonchev–Trinajstić information content (AvgIpc) is 3.09. The number of nitrogens with zero attached hydrogens (tertiary/aromatic N) is 2. The van der Waals surface area contributed by atoms with E-state index in [1.807, 2.05) is 31.2 Å². The van der Waals surface area contributed by atoms with E-state index in [0.29, 0.717) is 6.54 Å². The first kappa shape index (κ1) is 18.3. The molecule has 0 bridgehead atoms. The fraction of sp³-hybridized carbons (Fsp3) is 0.333. The number of anilines is 1. The van der Waals surface area contributed by atoms with Crippen LogP contribution in [-0.2, 0) is 14.8 Å². The van der Waals surface area contributed by atoms with E-state index >= 15 is 0 Å². The summed E-state index contributed by atoms with van der Waals surface area (Å²) >= 11 is 0. The summed E-state index contributed by atoms with van der Waals surface area (Å²) in [5.41, 5.74) is 0.845. The van der Waals surface area contributed by atoms with E-state index in [2.05, 4.69) is 19.9 Å². The average molecular weight is 374 g/mol. The SMILES string of the molecule is Cc1cccc(S(=O)(=O)NCC(=O)NC2CCN(c3ccccn3)C2)c1. The molecule has 1 fully saturated rings. The molecule has 0 spiro atoms. The normalized spacial score (nSPS) is 17.3. The van der Waals surface area contributed by atoms with Gasteiger partial charge >= 0.3 is 0 Å². The number of carbonyl (C=O) groups excluding carboxylic acids is 1. The van der Waals surface area contributed by atoms with Crippen LogP contribution in [0.25, 0.3) is 0 Å². The molecular formula is C18H22N4O3S. The van der Waals surface area contributed by atoms with Crippen molar-refractivity contribution in [1.29, 1.82) is 0 Å². The fourth-order valence-corrected chi connectivity index (χ4v) is 4.02. The molecule has 2 aromatic rings. The van der Waals surface area contributed by atoms with Crippen LogP contribution in [0.2, 0.25) is 0 Å². The zero-order chi connectivity index (χ0) is 18.6. The molecule has 0 radical (unpaired) electrons. The Hall–Kier alpha value is -2.45. The van der Waals surface area contributed by atoms with Gasteiger partial charge in [-0.05, 0) is 43.2 Å². The summed E-state index contributed by atoms with van der Waals surface area (Å²) in [6.07, 6.45) is 2.54. The molecule has 2 N–H and O–H groups in total. The number of nitrogens with one attached hydrogen (secondary N) is 2. The highest BCUT2D eigenvalue weighted by atomic mass is 32.2. The standard InChI is InChI=1S/C18H22N4O3S/c1-14-5-4-6-16(11-14)26(24,25)20-12-18(23)21-15-8-10-22(13-15)17-7-2-3-9-19-17/h2-7,9,11,15,20H,8,10,12-13H2,1H3,(H,21,23). The van der Waals surface area contributed by atoms with E-state index in [1.54, 1.807) is 18.3 Å². The quantitative estimate of drug-likeness (QED) is 0.789. The van der Waals surface area contributed by atoms with Gasteiger partial charge in [0.15, 0.2) is 0 Å². The highest BCUT2D eigenvalue weighted by Gasteiger charge is 2.25. The van der Waals surface area contributed by atoms with Crippen molar-refractivity contribution in [2.45, 2.75) is 24.3 Å². The zero-order valence-electron chi connectivity index (χ0n) is 14.6. The molecule has 1 saturated heterocycles. The maximum atomic E-state index is 12.3. The van der Waals surface area contributed by atoms with Gasteiger partial charge in [0.05, 0.1) is 11.4 Å². The molecule has 1 aliphatic rings. The summed E-state index contributed by atoms with van der Waals surface area (Å²) in [6, 6.07) is 12.3. The van der Waals surface area contributed by atoms with Gasteiger partial charge in [0, 0.05) is 25.3 Å². The number of amides is 1. The molecule has 1 amide bonds. The Labute approximate surface area is 153 Å². The lowest BCUT2D eigenvalue weighted by atomic mass is 10.2.